The van der Waals surface area contributed by atoms with Crippen LogP contribution in [0.3, 0.4) is 0 Å². The first-order valence-electron chi connectivity index (χ1n) is 5.21. The summed E-state index contributed by atoms with van der Waals surface area (Å²) in [5.74, 6) is 0. The van der Waals surface area contributed by atoms with E-state index < -0.39 is 0 Å². The molecule has 0 radical (unpaired) electrons. The van der Waals surface area contributed by atoms with Gasteiger partial charge >= 0.3 is 0 Å². The Morgan fingerprint density at radius 3 is 2.00 bits per heavy atom. The van der Waals surface area contributed by atoms with E-state index in [1.54, 1.807) is 0 Å². The smallest absolute Gasteiger partial charge is 0.155 e. The number of para-hydroxylation sites is 2. The van der Waals surface area contributed by atoms with Gasteiger partial charge in [0.2, 0.25) is 0 Å². The molecule has 2 N–H and O–H groups in total. The van der Waals surface area contributed by atoms with Crippen LogP contribution in [0.25, 0.3) is 0 Å². The molecule has 0 fully saturated rings. The van der Waals surface area contributed by atoms with Crippen LogP contribution in [0.5, 0.6) is 0 Å². The molecule has 3 nitrogen and oxygen atoms in total. The van der Waals surface area contributed by atoms with Crippen molar-refractivity contribution in [2.45, 2.75) is 20.1 Å². The van der Waals surface area contributed by atoms with E-state index in [2.05, 4.69) is 53.6 Å². The van der Waals surface area contributed by atoms with Crippen LogP contribution in [-0.2, 0) is 0 Å². The fourth-order valence-electron chi connectivity index (χ4n) is 1.84. The predicted octanol–water partition coefficient (Wildman–Crippen LogP) is 2.15. The van der Waals surface area contributed by atoms with Crippen molar-refractivity contribution in [3.05, 3.63) is 24.3 Å². The van der Waals surface area contributed by atoms with Crippen molar-refractivity contribution < 1.29 is 0 Å². The Morgan fingerprint density at radius 1 is 1.07 bits per heavy atom. The lowest BCUT2D eigenvalue weighted by Crippen LogP contribution is -2.43. The number of hydrogen-bond donors (Lipinski definition) is 2. The van der Waals surface area contributed by atoms with E-state index in [4.69, 9.17) is 0 Å². The van der Waals surface area contributed by atoms with Gasteiger partial charge in [-0.15, -0.1) is 0 Å². The molecular weight excluding hydrogens is 174 g/mol. The minimum atomic E-state index is 0.252. The van der Waals surface area contributed by atoms with Crippen molar-refractivity contribution >= 4 is 11.4 Å². The Morgan fingerprint density at radius 2 is 1.57 bits per heavy atom. The Kier molecular flexibility index (Phi) is 2.59. The van der Waals surface area contributed by atoms with Crippen LogP contribution in [0.15, 0.2) is 24.3 Å². The molecule has 0 saturated heterocycles. The molecule has 0 atom stereocenters. The van der Waals surface area contributed by atoms with Crippen molar-refractivity contribution in [1.82, 2.24) is 4.90 Å². The second kappa shape index (κ2) is 3.88. The summed E-state index contributed by atoms with van der Waals surface area (Å²) in [6.45, 7) is 6.45. The zero-order valence-corrected chi connectivity index (χ0v) is 8.75. The fourth-order valence-corrected chi connectivity index (χ4v) is 1.84. The van der Waals surface area contributed by atoms with E-state index in [9.17, 15) is 0 Å². The Bertz CT molecular complexity index is 282. The zero-order valence-electron chi connectivity index (χ0n) is 8.75. The van der Waals surface area contributed by atoms with Gasteiger partial charge in [0, 0.05) is 0 Å². The van der Waals surface area contributed by atoms with Crippen LogP contribution in [0, 0.1) is 0 Å². The summed E-state index contributed by atoms with van der Waals surface area (Å²) in [5, 5.41) is 6.90. The fraction of sp³-hybridized carbons (Fsp3) is 0.455. The molecule has 14 heavy (non-hydrogen) atoms. The SMILES string of the molecule is CCN(CC)C1Nc2ccccc2N1. The van der Waals surface area contributed by atoms with Gasteiger partial charge in [-0.3, -0.25) is 4.90 Å². The lowest BCUT2D eigenvalue weighted by atomic mass is 10.3. The molecule has 1 aliphatic rings. The van der Waals surface area contributed by atoms with Gasteiger partial charge in [0.15, 0.2) is 6.29 Å². The van der Waals surface area contributed by atoms with E-state index in [-0.39, 0.29) is 6.29 Å². The third-order valence-corrected chi connectivity index (χ3v) is 2.69. The summed E-state index contributed by atoms with van der Waals surface area (Å²) in [5.41, 5.74) is 2.40. The lowest BCUT2D eigenvalue weighted by molar-refractivity contribution is 0.264. The van der Waals surface area contributed by atoms with Crippen molar-refractivity contribution in [3.63, 3.8) is 0 Å². The van der Waals surface area contributed by atoms with Crippen LogP contribution in [0.1, 0.15) is 13.8 Å². The summed E-state index contributed by atoms with van der Waals surface area (Å²) in [6.07, 6.45) is 0.252. The number of nitrogens with zero attached hydrogens (tertiary/aromatic N) is 1. The molecule has 0 aromatic heterocycles. The summed E-state index contributed by atoms with van der Waals surface area (Å²) >= 11 is 0. The van der Waals surface area contributed by atoms with E-state index in [1.807, 2.05) is 0 Å². The monoisotopic (exact) mass is 191 g/mol. The van der Waals surface area contributed by atoms with Gasteiger partial charge in [0.25, 0.3) is 0 Å². The Labute approximate surface area is 85.1 Å². The van der Waals surface area contributed by atoms with E-state index in [0.29, 0.717) is 0 Å². The number of hydrogen-bond acceptors (Lipinski definition) is 3. The normalized spacial score (nSPS) is 15.1. The maximum atomic E-state index is 3.45. The first kappa shape index (κ1) is 9.34. The van der Waals surface area contributed by atoms with Crippen LogP contribution >= 0.6 is 0 Å². The molecular formula is C11H17N3. The molecule has 1 aromatic rings. The molecule has 0 bridgehead atoms. The summed E-state index contributed by atoms with van der Waals surface area (Å²) in [7, 11) is 0. The van der Waals surface area contributed by atoms with Crippen molar-refractivity contribution in [1.29, 1.82) is 0 Å². The van der Waals surface area contributed by atoms with Gasteiger partial charge < -0.3 is 10.6 Å². The average Bonchev–Trinajstić information content (AvgIpc) is 2.63. The van der Waals surface area contributed by atoms with Crippen molar-refractivity contribution in [2.75, 3.05) is 23.7 Å². The maximum Gasteiger partial charge on any atom is 0.155 e. The standard InChI is InChI=1S/C11H17N3/c1-3-14(4-2)11-12-9-7-5-6-8-10(9)13-11/h5-8,11-13H,3-4H2,1-2H3. The highest BCUT2D eigenvalue weighted by Crippen LogP contribution is 2.28. The first-order chi connectivity index (χ1) is 6.85. The van der Waals surface area contributed by atoms with Gasteiger partial charge in [0.05, 0.1) is 11.4 Å². The second-order valence-electron chi connectivity index (χ2n) is 3.46. The molecule has 0 saturated carbocycles. The molecule has 0 amide bonds. The van der Waals surface area contributed by atoms with Gasteiger partial charge in [0.1, 0.15) is 0 Å². The van der Waals surface area contributed by atoms with Crippen LogP contribution in [0.2, 0.25) is 0 Å². The molecule has 76 valence electrons. The number of anilines is 2. The molecule has 1 heterocycles. The quantitative estimate of drug-likeness (QED) is 0.766. The third kappa shape index (κ3) is 1.55. The highest BCUT2D eigenvalue weighted by Gasteiger charge is 2.22. The molecule has 1 aliphatic heterocycles. The van der Waals surface area contributed by atoms with Gasteiger partial charge in [-0.1, -0.05) is 26.0 Å². The van der Waals surface area contributed by atoms with Gasteiger partial charge in [-0.25, -0.2) is 0 Å². The number of rotatable bonds is 3. The molecule has 2 rings (SSSR count). The number of fused-ring (bicyclic) bond motifs is 1. The van der Waals surface area contributed by atoms with E-state index in [1.165, 1.54) is 11.4 Å². The van der Waals surface area contributed by atoms with Gasteiger partial charge in [-0.05, 0) is 25.2 Å². The minimum Gasteiger partial charge on any atom is -0.351 e. The summed E-state index contributed by atoms with van der Waals surface area (Å²) in [6, 6.07) is 8.31. The van der Waals surface area contributed by atoms with E-state index >= 15 is 0 Å². The Hall–Kier alpha value is -1.22. The average molecular weight is 191 g/mol. The largest absolute Gasteiger partial charge is 0.351 e. The van der Waals surface area contributed by atoms with E-state index in [0.717, 1.165) is 13.1 Å². The second-order valence-corrected chi connectivity index (χ2v) is 3.46. The topological polar surface area (TPSA) is 27.3 Å². The molecule has 3 heteroatoms. The third-order valence-electron chi connectivity index (χ3n) is 2.69. The molecule has 0 aliphatic carbocycles. The molecule has 1 aromatic carbocycles. The maximum absolute atomic E-state index is 3.45. The number of nitrogens with one attached hydrogen (secondary N) is 2. The van der Waals surface area contributed by atoms with Crippen LogP contribution in [-0.4, -0.2) is 24.3 Å². The molecule has 0 spiro atoms. The first-order valence-corrected chi connectivity index (χ1v) is 5.21. The van der Waals surface area contributed by atoms with Crippen LogP contribution < -0.4 is 10.6 Å². The van der Waals surface area contributed by atoms with Crippen molar-refractivity contribution in [2.24, 2.45) is 0 Å². The summed E-state index contributed by atoms with van der Waals surface area (Å²) < 4.78 is 0. The predicted molar refractivity (Wildman–Crippen MR) is 60.4 cm³/mol. The molecule has 0 unspecified atom stereocenters. The summed E-state index contributed by atoms with van der Waals surface area (Å²) in [4.78, 5) is 2.35. The zero-order chi connectivity index (χ0) is 9.97. The number of benzene rings is 1. The highest BCUT2D eigenvalue weighted by molar-refractivity contribution is 5.73. The highest BCUT2D eigenvalue weighted by atomic mass is 15.4. The Balaban J connectivity index is 2.11. The van der Waals surface area contributed by atoms with Crippen molar-refractivity contribution in [3.8, 4) is 0 Å². The minimum absolute atomic E-state index is 0.252. The lowest BCUT2D eigenvalue weighted by Gasteiger charge is -2.26. The van der Waals surface area contributed by atoms with Crippen LogP contribution in [0.4, 0.5) is 11.4 Å². The van der Waals surface area contributed by atoms with Gasteiger partial charge in [-0.2, -0.15) is 0 Å².